The van der Waals surface area contributed by atoms with E-state index in [2.05, 4.69) is 47.4 Å². The van der Waals surface area contributed by atoms with E-state index in [4.69, 9.17) is 0 Å². The van der Waals surface area contributed by atoms with Crippen molar-refractivity contribution in [3.8, 4) is 0 Å². The fourth-order valence-electron chi connectivity index (χ4n) is 2.90. The molecular formula is C23H24N4O2. The lowest BCUT2D eigenvalue weighted by Crippen LogP contribution is -2.16. The van der Waals surface area contributed by atoms with Crippen LogP contribution in [0.3, 0.4) is 0 Å². The third-order valence-corrected chi connectivity index (χ3v) is 4.42. The Balaban J connectivity index is 1.78. The molecule has 0 bridgehead atoms. The minimum absolute atomic E-state index is 0.0232. The molecule has 6 nitrogen and oxygen atoms in total. The molecule has 148 valence electrons. The Morgan fingerprint density at radius 3 is 2.28 bits per heavy atom. The maximum atomic E-state index is 12.6. The van der Waals surface area contributed by atoms with Gasteiger partial charge in [0.25, 0.3) is 5.91 Å². The van der Waals surface area contributed by atoms with Crippen molar-refractivity contribution in [2.75, 3.05) is 10.6 Å². The molecule has 0 spiro atoms. The first kappa shape index (κ1) is 20.2. The molecule has 1 amide bonds. The Kier molecular flexibility index (Phi) is 5.73. The van der Waals surface area contributed by atoms with Gasteiger partial charge < -0.3 is 10.6 Å². The van der Waals surface area contributed by atoms with Gasteiger partial charge in [-0.15, -0.1) is 0 Å². The molecule has 0 saturated carbocycles. The first-order valence-corrected chi connectivity index (χ1v) is 9.36. The van der Waals surface area contributed by atoms with E-state index in [9.17, 15) is 9.59 Å². The van der Waals surface area contributed by atoms with Gasteiger partial charge in [-0.1, -0.05) is 39.0 Å². The highest BCUT2D eigenvalue weighted by atomic mass is 16.2. The third-order valence-electron chi connectivity index (χ3n) is 4.42. The number of nitrogens with one attached hydrogen (secondary N) is 2. The monoisotopic (exact) mass is 388 g/mol. The predicted octanol–water partition coefficient (Wildman–Crippen LogP) is 4.97. The van der Waals surface area contributed by atoms with E-state index < -0.39 is 0 Å². The molecule has 6 heteroatoms. The Bertz CT molecular complexity index is 1040. The first-order chi connectivity index (χ1) is 13.7. The van der Waals surface area contributed by atoms with E-state index in [-0.39, 0.29) is 22.8 Å². The lowest BCUT2D eigenvalue weighted by molar-refractivity contribution is 0.101. The summed E-state index contributed by atoms with van der Waals surface area (Å²) in [6, 6.07) is 16.2. The summed E-state index contributed by atoms with van der Waals surface area (Å²) in [6.07, 6.45) is 1.54. The topological polar surface area (TPSA) is 84.0 Å². The van der Waals surface area contributed by atoms with Gasteiger partial charge in [-0.2, -0.15) is 0 Å². The summed E-state index contributed by atoms with van der Waals surface area (Å²) in [4.78, 5) is 32.5. The molecular weight excluding hydrogens is 364 g/mol. The number of nitrogens with zero attached hydrogens (tertiary/aromatic N) is 2. The SMILES string of the molecule is CC(=O)c1ccc(NC(=O)c2ccnc(Nc3ccccc3C(C)(C)C)n2)cc1. The van der Waals surface area contributed by atoms with Crippen LogP contribution in [0.1, 0.15) is 54.1 Å². The highest BCUT2D eigenvalue weighted by Gasteiger charge is 2.18. The zero-order valence-corrected chi connectivity index (χ0v) is 17.0. The van der Waals surface area contributed by atoms with Crippen molar-refractivity contribution in [2.24, 2.45) is 0 Å². The van der Waals surface area contributed by atoms with E-state index in [1.54, 1.807) is 36.5 Å². The number of amides is 1. The second kappa shape index (κ2) is 8.22. The summed E-state index contributed by atoms with van der Waals surface area (Å²) in [7, 11) is 0. The Morgan fingerprint density at radius 1 is 0.931 bits per heavy atom. The third kappa shape index (κ3) is 5.04. The molecule has 0 fully saturated rings. The number of hydrogen-bond acceptors (Lipinski definition) is 5. The number of aromatic nitrogens is 2. The number of carbonyl (C=O) groups is 2. The van der Waals surface area contributed by atoms with Crippen LogP contribution in [0.2, 0.25) is 0 Å². The van der Waals surface area contributed by atoms with E-state index in [0.717, 1.165) is 11.3 Å². The Hall–Kier alpha value is -3.54. The zero-order chi connectivity index (χ0) is 21.0. The standard InChI is InChI=1S/C23H24N4O2/c1-15(28)16-9-11-17(12-10-16)25-21(29)20-13-14-24-22(27-20)26-19-8-6-5-7-18(19)23(2,3)4/h5-14H,1-4H3,(H,25,29)(H,24,26,27). The second-order valence-corrected chi connectivity index (χ2v) is 7.77. The van der Waals surface area contributed by atoms with Gasteiger partial charge in [-0.25, -0.2) is 9.97 Å². The van der Waals surface area contributed by atoms with Crippen molar-refractivity contribution in [2.45, 2.75) is 33.1 Å². The van der Waals surface area contributed by atoms with Gasteiger partial charge in [0.15, 0.2) is 5.78 Å². The molecule has 3 rings (SSSR count). The van der Waals surface area contributed by atoms with Crippen molar-refractivity contribution < 1.29 is 9.59 Å². The summed E-state index contributed by atoms with van der Waals surface area (Å²) < 4.78 is 0. The summed E-state index contributed by atoms with van der Waals surface area (Å²) in [5.41, 5.74) is 3.40. The number of rotatable bonds is 5. The molecule has 2 aromatic carbocycles. The molecule has 0 radical (unpaired) electrons. The van der Waals surface area contributed by atoms with Gasteiger partial charge in [-0.3, -0.25) is 9.59 Å². The summed E-state index contributed by atoms with van der Waals surface area (Å²) in [6.45, 7) is 7.90. The first-order valence-electron chi connectivity index (χ1n) is 9.36. The van der Waals surface area contributed by atoms with Gasteiger partial charge in [0, 0.05) is 23.1 Å². The van der Waals surface area contributed by atoms with Crippen molar-refractivity contribution in [3.63, 3.8) is 0 Å². The van der Waals surface area contributed by atoms with E-state index in [0.29, 0.717) is 17.2 Å². The predicted molar refractivity (Wildman–Crippen MR) is 115 cm³/mol. The minimum atomic E-state index is -0.352. The molecule has 29 heavy (non-hydrogen) atoms. The number of hydrogen-bond donors (Lipinski definition) is 2. The molecule has 0 atom stereocenters. The van der Waals surface area contributed by atoms with Crippen molar-refractivity contribution in [1.82, 2.24) is 9.97 Å². The van der Waals surface area contributed by atoms with Crippen LogP contribution in [0.15, 0.2) is 60.8 Å². The van der Waals surface area contributed by atoms with Crippen LogP contribution < -0.4 is 10.6 Å². The number of benzene rings is 2. The lowest BCUT2D eigenvalue weighted by atomic mass is 9.86. The molecule has 0 aliphatic rings. The maximum absolute atomic E-state index is 12.6. The average Bonchev–Trinajstić information content (AvgIpc) is 2.68. The van der Waals surface area contributed by atoms with Gasteiger partial charge >= 0.3 is 0 Å². The van der Waals surface area contributed by atoms with Crippen molar-refractivity contribution in [1.29, 1.82) is 0 Å². The van der Waals surface area contributed by atoms with Crippen molar-refractivity contribution >= 4 is 29.0 Å². The lowest BCUT2D eigenvalue weighted by Gasteiger charge is -2.23. The number of anilines is 3. The minimum Gasteiger partial charge on any atom is -0.324 e. The fourth-order valence-corrected chi connectivity index (χ4v) is 2.90. The molecule has 2 N–H and O–H groups in total. The number of Topliss-reactive ketones (excluding diaryl/α,β-unsaturated/α-hetero) is 1. The maximum Gasteiger partial charge on any atom is 0.274 e. The largest absolute Gasteiger partial charge is 0.324 e. The zero-order valence-electron chi connectivity index (χ0n) is 17.0. The highest BCUT2D eigenvalue weighted by molar-refractivity contribution is 6.03. The van der Waals surface area contributed by atoms with E-state index >= 15 is 0 Å². The average molecular weight is 388 g/mol. The van der Waals surface area contributed by atoms with Crippen LogP contribution >= 0.6 is 0 Å². The van der Waals surface area contributed by atoms with Gasteiger partial charge in [-0.05, 0) is 54.3 Å². The smallest absolute Gasteiger partial charge is 0.274 e. The van der Waals surface area contributed by atoms with Crippen LogP contribution in [0.25, 0.3) is 0 Å². The molecule has 0 aliphatic heterocycles. The molecule has 0 aliphatic carbocycles. The quantitative estimate of drug-likeness (QED) is 0.603. The molecule has 1 aromatic heterocycles. The van der Waals surface area contributed by atoms with Crippen LogP contribution in [0.5, 0.6) is 0 Å². The number of para-hydroxylation sites is 1. The molecule has 0 saturated heterocycles. The summed E-state index contributed by atoms with van der Waals surface area (Å²) >= 11 is 0. The van der Waals surface area contributed by atoms with E-state index in [1.165, 1.54) is 6.92 Å². The second-order valence-electron chi connectivity index (χ2n) is 7.77. The Morgan fingerprint density at radius 2 is 1.62 bits per heavy atom. The fraction of sp³-hybridized carbons (Fsp3) is 0.217. The highest BCUT2D eigenvalue weighted by Crippen LogP contribution is 2.30. The van der Waals surface area contributed by atoms with Gasteiger partial charge in [0.1, 0.15) is 5.69 Å². The van der Waals surface area contributed by atoms with Gasteiger partial charge in [0.05, 0.1) is 0 Å². The Labute approximate surface area is 170 Å². The summed E-state index contributed by atoms with van der Waals surface area (Å²) in [5.74, 6) is -0.0265. The normalized spacial score (nSPS) is 11.0. The number of ketones is 1. The van der Waals surface area contributed by atoms with Crippen LogP contribution in [-0.4, -0.2) is 21.7 Å². The molecule has 3 aromatic rings. The van der Waals surface area contributed by atoms with Crippen LogP contribution in [0.4, 0.5) is 17.3 Å². The van der Waals surface area contributed by atoms with Crippen molar-refractivity contribution in [3.05, 3.63) is 77.6 Å². The van der Waals surface area contributed by atoms with Crippen LogP contribution in [0, 0.1) is 0 Å². The molecule has 1 heterocycles. The van der Waals surface area contributed by atoms with Crippen LogP contribution in [-0.2, 0) is 5.41 Å². The summed E-state index contributed by atoms with van der Waals surface area (Å²) in [5, 5.41) is 6.00. The number of carbonyl (C=O) groups excluding carboxylic acids is 2. The van der Waals surface area contributed by atoms with E-state index in [1.807, 2.05) is 18.2 Å². The molecule has 0 unspecified atom stereocenters. The van der Waals surface area contributed by atoms with Gasteiger partial charge in [0.2, 0.25) is 5.95 Å².